The smallest absolute Gasteiger partial charge is 0.267 e. The van der Waals surface area contributed by atoms with Gasteiger partial charge < -0.3 is 0 Å². The van der Waals surface area contributed by atoms with Gasteiger partial charge in [-0.3, -0.25) is 20.1 Å². The second-order valence-corrected chi connectivity index (χ2v) is 4.62. The Balaban J connectivity index is 2.11. The fourth-order valence-corrected chi connectivity index (χ4v) is 1.97. The van der Waals surface area contributed by atoms with Crippen LogP contribution in [0.5, 0.6) is 0 Å². The summed E-state index contributed by atoms with van der Waals surface area (Å²) in [6.45, 7) is 0. The van der Waals surface area contributed by atoms with Gasteiger partial charge in [0.15, 0.2) is 5.13 Å². The van der Waals surface area contributed by atoms with Crippen LogP contribution in [-0.2, 0) is 4.79 Å². The molecular formula is C13H11N3O3S. The molecule has 0 aliphatic heterocycles. The zero-order chi connectivity index (χ0) is 14.4. The van der Waals surface area contributed by atoms with Crippen LogP contribution in [0.2, 0.25) is 0 Å². The topological polar surface area (TPSA) is 91.3 Å². The predicted molar refractivity (Wildman–Crippen MR) is 75.5 cm³/mol. The van der Waals surface area contributed by atoms with E-state index < -0.39 is 5.91 Å². The van der Waals surface area contributed by atoms with Gasteiger partial charge in [0.1, 0.15) is 0 Å². The average Bonchev–Trinajstić information content (AvgIpc) is 2.98. The Hall–Kier alpha value is -2.51. The van der Waals surface area contributed by atoms with Crippen molar-refractivity contribution in [1.29, 1.82) is 0 Å². The van der Waals surface area contributed by atoms with Crippen LogP contribution < -0.4 is 10.8 Å². The lowest BCUT2D eigenvalue weighted by molar-refractivity contribution is -0.124. The standard InChI is InChI=1S/C13H11N3O3S/c17-11(16-19)5-4-9-2-1-3-10(8-9)12(18)15-13-14-6-7-20-13/h1-8,19H,(H,16,17)(H,14,15,18). The molecule has 20 heavy (non-hydrogen) atoms. The van der Waals surface area contributed by atoms with E-state index in [4.69, 9.17) is 5.21 Å². The molecule has 2 aromatic rings. The van der Waals surface area contributed by atoms with Gasteiger partial charge in [-0.2, -0.15) is 0 Å². The SMILES string of the molecule is O=C(C=Cc1cccc(C(=O)Nc2nccs2)c1)NO. The summed E-state index contributed by atoms with van der Waals surface area (Å²) >= 11 is 1.33. The molecule has 0 saturated carbocycles. The molecule has 7 heteroatoms. The molecule has 0 bridgehead atoms. The minimum Gasteiger partial charge on any atom is -0.298 e. The first kappa shape index (κ1) is 13.9. The number of aromatic nitrogens is 1. The number of amides is 2. The Bertz CT molecular complexity index is 638. The first-order valence-electron chi connectivity index (χ1n) is 5.62. The third kappa shape index (κ3) is 3.74. The fraction of sp³-hybridized carbons (Fsp3) is 0. The van der Waals surface area contributed by atoms with Crippen molar-refractivity contribution >= 4 is 34.4 Å². The Labute approximate surface area is 118 Å². The number of rotatable bonds is 4. The fourth-order valence-electron chi connectivity index (χ4n) is 1.45. The largest absolute Gasteiger partial charge is 0.298 e. The second-order valence-electron chi connectivity index (χ2n) is 3.73. The molecule has 0 fully saturated rings. The number of hydroxylamine groups is 1. The highest BCUT2D eigenvalue weighted by Crippen LogP contribution is 2.13. The van der Waals surface area contributed by atoms with E-state index in [1.165, 1.54) is 22.9 Å². The van der Waals surface area contributed by atoms with Crippen molar-refractivity contribution in [3.8, 4) is 0 Å². The zero-order valence-electron chi connectivity index (χ0n) is 10.2. The van der Waals surface area contributed by atoms with Crippen LogP contribution in [0.1, 0.15) is 15.9 Å². The van der Waals surface area contributed by atoms with E-state index >= 15 is 0 Å². The summed E-state index contributed by atoms with van der Waals surface area (Å²) in [6.07, 6.45) is 4.26. The van der Waals surface area contributed by atoms with Crippen molar-refractivity contribution in [1.82, 2.24) is 10.5 Å². The molecule has 1 aromatic carbocycles. The van der Waals surface area contributed by atoms with Gasteiger partial charge in [-0.15, -0.1) is 11.3 Å². The van der Waals surface area contributed by atoms with E-state index in [0.29, 0.717) is 16.3 Å². The lowest BCUT2D eigenvalue weighted by Crippen LogP contribution is -2.14. The maximum Gasteiger partial charge on any atom is 0.267 e. The Morgan fingerprint density at radius 2 is 2.20 bits per heavy atom. The van der Waals surface area contributed by atoms with E-state index in [9.17, 15) is 9.59 Å². The zero-order valence-corrected chi connectivity index (χ0v) is 11.1. The maximum absolute atomic E-state index is 12.0. The number of carbonyl (C=O) groups excluding carboxylic acids is 2. The average molecular weight is 289 g/mol. The number of carbonyl (C=O) groups is 2. The second kappa shape index (κ2) is 6.60. The van der Waals surface area contributed by atoms with Crippen molar-refractivity contribution in [2.45, 2.75) is 0 Å². The predicted octanol–water partition coefficient (Wildman–Crippen LogP) is 1.91. The number of thiazole rings is 1. The first-order valence-corrected chi connectivity index (χ1v) is 6.50. The summed E-state index contributed by atoms with van der Waals surface area (Å²) in [7, 11) is 0. The molecule has 0 aliphatic carbocycles. The Morgan fingerprint density at radius 3 is 2.90 bits per heavy atom. The number of nitrogens with one attached hydrogen (secondary N) is 2. The minimum atomic E-state index is -0.636. The quantitative estimate of drug-likeness (QED) is 0.455. The summed E-state index contributed by atoms with van der Waals surface area (Å²) in [5.41, 5.74) is 2.61. The molecule has 0 saturated heterocycles. The Morgan fingerprint density at radius 1 is 1.35 bits per heavy atom. The molecule has 0 unspecified atom stereocenters. The van der Waals surface area contributed by atoms with E-state index in [0.717, 1.165) is 6.08 Å². The van der Waals surface area contributed by atoms with Crippen LogP contribution in [0, 0.1) is 0 Å². The van der Waals surface area contributed by atoms with Crippen LogP contribution in [0.15, 0.2) is 41.9 Å². The molecule has 1 aromatic heterocycles. The number of nitrogens with zero attached hydrogens (tertiary/aromatic N) is 1. The van der Waals surface area contributed by atoms with Crippen LogP contribution in [0.4, 0.5) is 5.13 Å². The van der Waals surface area contributed by atoms with Gasteiger partial charge >= 0.3 is 0 Å². The van der Waals surface area contributed by atoms with Crippen LogP contribution >= 0.6 is 11.3 Å². The normalized spacial score (nSPS) is 10.4. The van der Waals surface area contributed by atoms with Crippen molar-refractivity contribution in [2.24, 2.45) is 0 Å². The number of benzene rings is 1. The third-order valence-corrected chi connectivity index (χ3v) is 3.03. The van der Waals surface area contributed by atoms with Gasteiger partial charge in [-0.05, 0) is 23.8 Å². The molecule has 0 aliphatic rings. The van der Waals surface area contributed by atoms with Gasteiger partial charge in [-0.25, -0.2) is 10.5 Å². The Kier molecular flexibility index (Phi) is 4.59. The van der Waals surface area contributed by atoms with Gasteiger partial charge in [0.2, 0.25) is 0 Å². The number of hydrogen-bond acceptors (Lipinski definition) is 5. The highest BCUT2D eigenvalue weighted by atomic mass is 32.1. The van der Waals surface area contributed by atoms with Crippen LogP contribution in [0.25, 0.3) is 6.08 Å². The van der Waals surface area contributed by atoms with Crippen molar-refractivity contribution in [2.75, 3.05) is 5.32 Å². The third-order valence-electron chi connectivity index (χ3n) is 2.34. The molecule has 0 spiro atoms. The van der Waals surface area contributed by atoms with E-state index in [-0.39, 0.29) is 5.91 Å². The highest BCUT2D eigenvalue weighted by molar-refractivity contribution is 7.13. The van der Waals surface area contributed by atoms with E-state index in [1.807, 2.05) is 0 Å². The van der Waals surface area contributed by atoms with Crippen molar-refractivity contribution in [3.63, 3.8) is 0 Å². The molecule has 6 nitrogen and oxygen atoms in total. The minimum absolute atomic E-state index is 0.276. The highest BCUT2D eigenvalue weighted by Gasteiger charge is 2.07. The summed E-state index contributed by atoms with van der Waals surface area (Å²) in [5.74, 6) is -0.913. The molecule has 0 radical (unpaired) electrons. The van der Waals surface area contributed by atoms with E-state index in [2.05, 4.69) is 10.3 Å². The number of hydrogen-bond donors (Lipinski definition) is 3. The molecular weight excluding hydrogens is 278 g/mol. The van der Waals surface area contributed by atoms with Gasteiger partial charge in [0, 0.05) is 23.2 Å². The van der Waals surface area contributed by atoms with Gasteiger partial charge in [-0.1, -0.05) is 12.1 Å². The van der Waals surface area contributed by atoms with Crippen molar-refractivity contribution < 1.29 is 14.8 Å². The first-order chi connectivity index (χ1) is 9.69. The molecule has 2 rings (SSSR count). The van der Waals surface area contributed by atoms with Gasteiger partial charge in [0.05, 0.1) is 0 Å². The van der Waals surface area contributed by atoms with Crippen LogP contribution in [0.3, 0.4) is 0 Å². The molecule has 3 N–H and O–H groups in total. The maximum atomic E-state index is 12.0. The van der Waals surface area contributed by atoms with E-state index in [1.54, 1.807) is 35.8 Å². The molecule has 1 heterocycles. The molecule has 0 atom stereocenters. The molecule has 102 valence electrons. The summed E-state index contributed by atoms with van der Waals surface area (Å²) in [5, 5.41) is 13.3. The summed E-state index contributed by atoms with van der Waals surface area (Å²) < 4.78 is 0. The summed E-state index contributed by atoms with van der Waals surface area (Å²) in [4.78, 5) is 26.8. The lowest BCUT2D eigenvalue weighted by Gasteiger charge is -2.02. The van der Waals surface area contributed by atoms with Gasteiger partial charge in [0.25, 0.3) is 11.8 Å². The lowest BCUT2D eigenvalue weighted by atomic mass is 10.1. The van der Waals surface area contributed by atoms with Crippen molar-refractivity contribution in [3.05, 3.63) is 53.0 Å². The van der Waals surface area contributed by atoms with Crippen LogP contribution in [-0.4, -0.2) is 22.0 Å². The monoisotopic (exact) mass is 289 g/mol. The number of anilines is 1. The molecule has 2 amide bonds. The summed E-state index contributed by atoms with van der Waals surface area (Å²) in [6, 6.07) is 6.73.